The SMILES string of the molecule is c1cnc(-c2cc3nc(C4CCNCC4)ncc3[nH]2)cn1. The van der Waals surface area contributed by atoms with Gasteiger partial charge in [0.15, 0.2) is 0 Å². The van der Waals surface area contributed by atoms with Crippen molar-refractivity contribution in [2.24, 2.45) is 0 Å². The number of nitrogens with one attached hydrogen (secondary N) is 2. The van der Waals surface area contributed by atoms with Gasteiger partial charge in [-0.1, -0.05) is 0 Å². The van der Waals surface area contributed by atoms with Gasteiger partial charge in [-0.05, 0) is 32.0 Å². The Morgan fingerprint density at radius 1 is 1.05 bits per heavy atom. The number of hydrogen-bond acceptors (Lipinski definition) is 5. The molecule has 1 aliphatic heterocycles. The number of aromatic nitrogens is 5. The van der Waals surface area contributed by atoms with Gasteiger partial charge in [0.05, 0.1) is 29.1 Å². The first kappa shape index (κ1) is 12.4. The fourth-order valence-electron chi connectivity index (χ4n) is 2.79. The molecule has 6 nitrogen and oxygen atoms in total. The standard InChI is InChI=1S/C15H16N6/c1-3-16-4-2-10(1)15-19-9-14-12(21-15)7-11(20-14)13-8-17-5-6-18-13/h5-10,16,20H,1-4H2. The van der Waals surface area contributed by atoms with Crippen LogP contribution in [0.1, 0.15) is 24.6 Å². The van der Waals surface area contributed by atoms with Gasteiger partial charge in [-0.15, -0.1) is 0 Å². The molecule has 3 aromatic rings. The van der Waals surface area contributed by atoms with Gasteiger partial charge in [0.1, 0.15) is 11.5 Å². The van der Waals surface area contributed by atoms with Crippen LogP contribution in [-0.4, -0.2) is 38.0 Å². The summed E-state index contributed by atoms with van der Waals surface area (Å²) in [5.74, 6) is 1.42. The van der Waals surface area contributed by atoms with Gasteiger partial charge >= 0.3 is 0 Å². The third kappa shape index (κ3) is 2.38. The van der Waals surface area contributed by atoms with Crippen LogP contribution in [-0.2, 0) is 0 Å². The Morgan fingerprint density at radius 3 is 2.76 bits per heavy atom. The Hall–Kier alpha value is -2.34. The first-order valence-electron chi connectivity index (χ1n) is 7.23. The number of nitrogens with zero attached hydrogens (tertiary/aromatic N) is 4. The molecule has 0 aromatic carbocycles. The van der Waals surface area contributed by atoms with Crippen LogP contribution in [0, 0.1) is 0 Å². The fraction of sp³-hybridized carbons (Fsp3) is 0.333. The molecule has 1 fully saturated rings. The Labute approximate surface area is 122 Å². The Balaban J connectivity index is 1.71. The summed E-state index contributed by atoms with van der Waals surface area (Å²) in [6.07, 6.45) is 9.18. The Kier molecular flexibility index (Phi) is 3.08. The molecule has 1 aliphatic rings. The van der Waals surface area contributed by atoms with Crippen molar-refractivity contribution in [3.8, 4) is 11.4 Å². The van der Waals surface area contributed by atoms with E-state index in [4.69, 9.17) is 4.98 Å². The van der Waals surface area contributed by atoms with Crippen LogP contribution in [0.4, 0.5) is 0 Å². The highest BCUT2D eigenvalue weighted by Crippen LogP contribution is 2.25. The van der Waals surface area contributed by atoms with Gasteiger partial charge in [0.25, 0.3) is 0 Å². The topological polar surface area (TPSA) is 79.4 Å². The van der Waals surface area contributed by atoms with Crippen molar-refractivity contribution in [2.45, 2.75) is 18.8 Å². The molecule has 0 spiro atoms. The summed E-state index contributed by atoms with van der Waals surface area (Å²) in [5, 5.41) is 3.37. The first-order chi connectivity index (χ1) is 10.4. The van der Waals surface area contributed by atoms with Crippen molar-refractivity contribution >= 4 is 11.0 Å². The molecule has 0 bridgehead atoms. The summed E-state index contributed by atoms with van der Waals surface area (Å²) in [6, 6.07) is 2.02. The van der Waals surface area contributed by atoms with Gasteiger partial charge < -0.3 is 10.3 Å². The number of fused-ring (bicyclic) bond motifs is 1. The van der Waals surface area contributed by atoms with Gasteiger partial charge in [0.2, 0.25) is 0 Å². The molecule has 0 saturated carbocycles. The van der Waals surface area contributed by atoms with Crippen molar-refractivity contribution in [2.75, 3.05) is 13.1 Å². The van der Waals surface area contributed by atoms with E-state index in [1.807, 2.05) is 12.3 Å². The second-order valence-corrected chi connectivity index (χ2v) is 5.33. The highest BCUT2D eigenvalue weighted by atomic mass is 14.9. The van der Waals surface area contributed by atoms with E-state index in [0.717, 1.165) is 54.2 Å². The quantitative estimate of drug-likeness (QED) is 0.749. The lowest BCUT2D eigenvalue weighted by Crippen LogP contribution is -2.27. The highest BCUT2D eigenvalue weighted by Gasteiger charge is 2.18. The second-order valence-electron chi connectivity index (χ2n) is 5.33. The largest absolute Gasteiger partial charge is 0.351 e. The van der Waals surface area contributed by atoms with Crippen molar-refractivity contribution < 1.29 is 0 Å². The Morgan fingerprint density at radius 2 is 1.95 bits per heavy atom. The third-order valence-electron chi connectivity index (χ3n) is 3.93. The normalized spacial score (nSPS) is 16.4. The minimum absolute atomic E-state index is 0.463. The van der Waals surface area contributed by atoms with E-state index in [9.17, 15) is 0 Å². The fourth-order valence-corrected chi connectivity index (χ4v) is 2.79. The molecular formula is C15H16N6. The van der Waals surface area contributed by atoms with Gasteiger partial charge in [-0.2, -0.15) is 0 Å². The molecule has 0 atom stereocenters. The van der Waals surface area contributed by atoms with Crippen molar-refractivity contribution in [3.63, 3.8) is 0 Å². The summed E-state index contributed by atoms with van der Waals surface area (Å²) in [7, 11) is 0. The van der Waals surface area contributed by atoms with Crippen molar-refractivity contribution in [3.05, 3.63) is 36.7 Å². The number of aromatic amines is 1. The van der Waals surface area contributed by atoms with Gasteiger partial charge in [-0.3, -0.25) is 9.97 Å². The summed E-state index contributed by atoms with van der Waals surface area (Å²) in [6.45, 7) is 2.09. The zero-order valence-electron chi connectivity index (χ0n) is 11.6. The van der Waals surface area contributed by atoms with E-state index in [-0.39, 0.29) is 0 Å². The number of piperidine rings is 1. The molecule has 106 valence electrons. The van der Waals surface area contributed by atoms with Crippen LogP contribution in [0.15, 0.2) is 30.9 Å². The van der Waals surface area contributed by atoms with Crippen LogP contribution >= 0.6 is 0 Å². The molecule has 0 unspecified atom stereocenters. The lowest BCUT2D eigenvalue weighted by Gasteiger charge is -2.20. The maximum Gasteiger partial charge on any atom is 0.132 e. The van der Waals surface area contributed by atoms with Crippen LogP contribution in [0.25, 0.3) is 22.4 Å². The zero-order valence-corrected chi connectivity index (χ0v) is 11.6. The molecule has 2 N–H and O–H groups in total. The average molecular weight is 280 g/mol. The maximum atomic E-state index is 4.73. The summed E-state index contributed by atoms with van der Waals surface area (Å²) < 4.78 is 0. The third-order valence-corrected chi connectivity index (χ3v) is 3.93. The molecule has 21 heavy (non-hydrogen) atoms. The van der Waals surface area contributed by atoms with Gasteiger partial charge in [-0.25, -0.2) is 9.97 Å². The molecular weight excluding hydrogens is 264 g/mol. The van der Waals surface area contributed by atoms with Crippen molar-refractivity contribution in [1.82, 2.24) is 30.2 Å². The second kappa shape index (κ2) is 5.21. The number of rotatable bonds is 2. The van der Waals surface area contributed by atoms with Crippen LogP contribution < -0.4 is 5.32 Å². The van der Waals surface area contributed by atoms with E-state index < -0.39 is 0 Å². The highest BCUT2D eigenvalue weighted by molar-refractivity contribution is 5.80. The van der Waals surface area contributed by atoms with Crippen LogP contribution in [0.5, 0.6) is 0 Å². The summed E-state index contributed by atoms with van der Waals surface area (Å²) >= 11 is 0. The molecule has 4 heterocycles. The van der Waals surface area contributed by atoms with Crippen LogP contribution in [0.3, 0.4) is 0 Å². The minimum Gasteiger partial charge on any atom is -0.351 e. The molecule has 6 heteroatoms. The predicted octanol–water partition coefficient (Wildman–Crippen LogP) is 1.88. The number of hydrogen-bond donors (Lipinski definition) is 2. The monoisotopic (exact) mass is 280 g/mol. The van der Waals surface area contributed by atoms with Gasteiger partial charge in [0, 0.05) is 18.3 Å². The average Bonchev–Trinajstić information content (AvgIpc) is 2.99. The predicted molar refractivity (Wildman–Crippen MR) is 79.8 cm³/mol. The van der Waals surface area contributed by atoms with Crippen molar-refractivity contribution in [1.29, 1.82) is 0 Å². The smallest absolute Gasteiger partial charge is 0.132 e. The molecule has 0 amide bonds. The lowest BCUT2D eigenvalue weighted by atomic mass is 9.97. The summed E-state index contributed by atoms with van der Waals surface area (Å²) in [5.41, 5.74) is 3.63. The van der Waals surface area contributed by atoms with Crippen LogP contribution in [0.2, 0.25) is 0 Å². The maximum absolute atomic E-state index is 4.73. The summed E-state index contributed by atoms with van der Waals surface area (Å²) in [4.78, 5) is 21.0. The molecule has 4 rings (SSSR count). The first-order valence-corrected chi connectivity index (χ1v) is 7.23. The van der Waals surface area contributed by atoms with E-state index in [1.54, 1.807) is 18.6 Å². The molecule has 3 aromatic heterocycles. The zero-order chi connectivity index (χ0) is 14.1. The molecule has 0 aliphatic carbocycles. The minimum atomic E-state index is 0.463. The molecule has 0 radical (unpaired) electrons. The van der Waals surface area contributed by atoms with E-state index in [1.165, 1.54) is 0 Å². The van der Waals surface area contributed by atoms with E-state index in [2.05, 4.69) is 25.3 Å². The Bertz CT molecular complexity index is 745. The molecule has 1 saturated heterocycles. The number of H-pyrrole nitrogens is 1. The van der Waals surface area contributed by atoms with E-state index in [0.29, 0.717) is 5.92 Å². The lowest BCUT2D eigenvalue weighted by molar-refractivity contribution is 0.446. The van der Waals surface area contributed by atoms with E-state index >= 15 is 0 Å².